The monoisotopic (exact) mass is 304 g/mol. The van der Waals surface area contributed by atoms with Gasteiger partial charge >= 0.3 is 0 Å². The van der Waals surface area contributed by atoms with Gasteiger partial charge in [0.2, 0.25) is 0 Å². The predicted octanol–water partition coefficient (Wildman–Crippen LogP) is 1.43. The summed E-state index contributed by atoms with van der Waals surface area (Å²) >= 11 is 3.03. The second-order valence-electron chi connectivity index (χ2n) is 3.45. The molecule has 94 valence electrons. The van der Waals surface area contributed by atoms with Crippen molar-refractivity contribution in [1.29, 1.82) is 0 Å². The first-order chi connectivity index (χ1) is 8.01. The van der Waals surface area contributed by atoms with E-state index in [9.17, 15) is 20.3 Å². The zero-order valence-electron chi connectivity index (χ0n) is 9.13. The summed E-state index contributed by atoms with van der Waals surface area (Å²) in [4.78, 5) is 10.3. The zero-order chi connectivity index (χ0) is 13.0. The van der Waals surface area contributed by atoms with Gasteiger partial charge in [0.05, 0.1) is 11.0 Å². The fourth-order valence-corrected chi connectivity index (χ4v) is 1.76. The molecule has 1 rings (SSSR count). The van der Waals surface area contributed by atoms with E-state index < -0.39 is 17.1 Å². The molecule has 2 unspecified atom stereocenters. The lowest BCUT2D eigenvalue weighted by Crippen LogP contribution is -2.19. The van der Waals surface area contributed by atoms with Crippen LogP contribution in [0.3, 0.4) is 0 Å². The minimum atomic E-state index is -1.15. The molecule has 0 saturated carbocycles. The van der Waals surface area contributed by atoms with Gasteiger partial charge in [-0.2, -0.15) is 0 Å². The van der Waals surface area contributed by atoms with Gasteiger partial charge in [0.25, 0.3) is 5.69 Å². The number of halogens is 1. The van der Waals surface area contributed by atoms with Gasteiger partial charge in [0.15, 0.2) is 0 Å². The van der Waals surface area contributed by atoms with E-state index in [4.69, 9.17) is 0 Å². The Kier molecular flexibility index (Phi) is 4.86. The first-order valence-electron chi connectivity index (χ1n) is 4.89. The van der Waals surface area contributed by atoms with Gasteiger partial charge in [-0.25, -0.2) is 0 Å². The largest absolute Gasteiger partial charge is 0.389 e. The molecule has 0 aliphatic heterocycles. The van der Waals surface area contributed by atoms with Crippen molar-refractivity contribution in [3.8, 4) is 0 Å². The van der Waals surface area contributed by atoms with Crippen LogP contribution < -0.4 is 5.32 Å². The Hall–Kier alpha value is -1.18. The van der Waals surface area contributed by atoms with Crippen LogP contribution in [0.15, 0.2) is 18.2 Å². The third kappa shape index (κ3) is 3.15. The quantitative estimate of drug-likeness (QED) is 0.434. The fourth-order valence-electron chi connectivity index (χ4n) is 1.40. The average Bonchev–Trinajstić information content (AvgIpc) is 2.35. The minimum absolute atomic E-state index is 0.133. The van der Waals surface area contributed by atoms with E-state index >= 15 is 0 Å². The molecule has 0 radical (unpaired) electrons. The molecule has 17 heavy (non-hydrogen) atoms. The van der Waals surface area contributed by atoms with E-state index in [1.165, 1.54) is 18.2 Å². The van der Waals surface area contributed by atoms with Gasteiger partial charge in [-0.05, 0) is 11.6 Å². The number of nitro benzene ring substituents is 1. The first kappa shape index (κ1) is 13.9. The normalized spacial score (nSPS) is 14.1. The number of anilines is 1. The van der Waals surface area contributed by atoms with Crippen molar-refractivity contribution in [2.24, 2.45) is 0 Å². The highest BCUT2D eigenvalue weighted by molar-refractivity contribution is 9.09. The van der Waals surface area contributed by atoms with Crippen molar-refractivity contribution in [2.45, 2.75) is 12.2 Å². The second-order valence-corrected chi connectivity index (χ2v) is 4.10. The van der Waals surface area contributed by atoms with Crippen LogP contribution in [-0.4, -0.2) is 33.6 Å². The van der Waals surface area contributed by atoms with Crippen molar-refractivity contribution in [2.75, 3.05) is 17.7 Å². The summed E-state index contributed by atoms with van der Waals surface area (Å²) in [5, 5.41) is 32.9. The Morgan fingerprint density at radius 1 is 1.53 bits per heavy atom. The van der Waals surface area contributed by atoms with Gasteiger partial charge in [0, 0.05) is 18.4 Å². The topological polar surface area (TPSA) is 95.6 Å². The van der Waals surface area contributed by atoms with Gasteiger partial charge in [-0.15, -0.1) is 0 Å². The molecule has 1 aromatic rings. The van der Waals surface area contributed by atoms with Crippen molar-refractivity contribution in [3.05, 3.63) is 33.9 Å². The summed E-state index contributed by atoms with van der Waals surface area (Å²) in [6.07, 6.45) is -2.16. The number of aliphatic hydroxyl groups is 2. The lowest BCUT2D eigenvalue weighted by Gasteiger charge is -2.16. The number of nitrogens with one attached hydrogen (secondary N) is 1. The maximum absolute atomic E-state index is 10.8. The Morgan fingerprint density at radius 3 is 2.65 bits per heavy atom. The molecular weight excluding hydrogens is 292 g/mol. The third-order valence-corrected chi connectivity index (χ3v) is 3.02. The molecule has 0 bridgehead atoms. The fraction of sp³-hybridized carbons (Fsp3) is 0.400. The van der Waals surface area contributed by atoms with Crippen LogP contribution in [0.2, 0.25) is 0 Å². The molecule has 7 heteroatoms. The highest BCUT2D eigenvalue weighted by Crippen LogP contribution is 2.29. The summed E-state index contributed by atoms with van der Waals surface area (Å²) < 4.78 is 0. The van der Waals surface area contributed by atoms with E-state index in [0.717, 1.165) is 0 Å². The second kappa shape index (κ2) is 5.95. The highest BCUT2D eigenvalue weighted by atomic mass is 79.9. The highest BCUT2D eigenvalue weighted by Gasteiger charge is 2.21. The molecule has 0 amide bonds. The van der Waals surface area contributed by atoms with Gasteiger partial charge in [0.1, 0.15) is 11.8 Å². The van der Waals surface area contributed by atoms with Crippen LogP contribution in [0.1, 0.15) is 11.7 Å². The van der Waals surface area contributed by atoms with Crippen molar-refractivity contribution in [3.63, 3.8) is 0 Å². The number of aliphatic hydroxyl groups excluding tert-OH is 2. The van der Waals surface area contributed by atoms with E-state index in [1.807, 2.05) is 0 Å². The number of hydrogen-bond donors (Lipinski definition) is 3. The van der Waals surface area contributed by atoms with Gasteiger partial charge in [-0.1, -0.05) is 22.0 Å². The van der Waals surface area contributed by atoms with Crippen LogP contribution in [0.4, 0.5) is 11.4 Å². The first-order valence-corrected chi connectivity index (χ1v) is 6.01. The maximum Gasteiger partial charge on any atom is 0.292 e. The number of alkyl halides is 1. The molecule has 0 spiro atoms. The Bertz CT molecular complexity index is 413. The molecular formula is C10H13BrN2O4. The molecule has 0 aromatic heterocycles. The summed E-state index contributed by atoms with van der Waals surface area (Å²) in [6.45, 7) is 0. The van der Waals surface area contributed by atoms with Crippen molar-refractivity contribution in [1.82, 2.24) is 0 Å². The summed E-state index contributed by atoms with van der Waals surface area (Å²) in [5.41, 5.74) is 0.535. The summed E-state index contributed by atoms with van der Waals surface area (Å²) in [5.74, 6) is 0. The predicted molar refractivity (Wildman–Crippen MR) is 67.4 cm³/mol. The zero-order valence-corrected chi connectivity index (χ0v) is 10.7. The Morgan fingerprint density at radius 2 is 2.18 bits per heavy atom. The molecule has 0 aliphatic carbocycles. The van der Waals surface area contributed by atoms with Crippen LogP contribution in [0, 0.1) is 10.1 Å². The lowest BCUT2D eigenvalue weighted by atomic mass is 10.0. The number of nitrogens with zero attached hydrogens (tertiary/aromatic N) is 1. The molecule has 6 nitrogen and oxygen atoms in total. The SMILES string of the molecule is CNc1ccc(C(O)C(O)CBr)cc1[N+](=O)[O-]. The Balaban J connectivity index is 3.12. The van der Waals surface area contributed by atoms with Crippen molar-refractivity contribution < 1.29 is 15.1 Å². The Labute approximate surface area is 107 Å². The van der Waals surface area contributed by atoms with E-state index in [2.05, 4.69) is 21.2 Å². The molecule has 0 heterocycles. The van der Waals surface area contributed by atoms with E-state index in [1.54, 1.807) is 7.05 Å². The van der Waals surface area contributed by atoms with Crippen LogP contribution in [-0.2, 0) is 0 Å². The number of hydrogen-bond acceptors (Lipinski definition) is 5. The minimum Gasteiger partial charge on any atom is -0.389 e. The molecule has 0 aliphatic rings. The lowest BCUT2D eigenvalue weighted by molar-refractivity contribution is -0.384. The van der Waals surface area contributed by atoms with E-state index in [-0.39, 0.29) is 11.0 Å². The van der Waals surface area contributed by atoms with Crippen LogP contribution in [0.5, 0.6) is 0 Å². The smallest absolute Gasteiger partial charge is 0.292 e. The number of nitro groups is 1. The van der Waals surface area contributed by atoms with Gasteiger partial charge in [-0.3, -0.25) is 10.1 Å². The standard InChI is InChI=1S/C10H13BrN2O4/c1-12-7-3-2-6(4-8(7)13(16)17)10(15)9(14)5-11/h2-4,9-10,12,14-15H,5H2,1H3. The summed E-state index contributed by atoms with van der Waals surface area (Å²) in [7, 11) is 1.58. The van der Waals surface area contributed by atoms with Crippen LogP contribution in [0.25, 0.3) is 0 Å². The van der Waals surface area contributed by atoms with E-state index in [0.29, 0.717) is 11.3 Å². The summed E-state index contributed by atoms with van der Waals surface area (Å²) in [6, 6.07) is 4.29. The maximum atomic E-state index is 10.8. The van der Waals surface area contributed by atoms with Gasteiger partial charge < -0.3 is 15.5 Å². The number of rotatable bonds is 5. The average molecular weight is 305 g/mol. The molecule has 3 N–H and O–H groups in total. The molecule has 1 aromatic carbocycles. The van der Waals surface area contributed by atoms with Crippen molar-refractivity contribution >= 4 is 27.3 Å². The number of benzene rings is 1. The molecule has 0 saturated heterocycles. The molecule has 0 fully saturated rings. The third-order valence-electron chi connectivity index (χ3n) is 2.35. The molecule has 2 atom stereocenters. The van der Waals surface area contributed by atoms with Crippen LogP contribution >= 0.6 is 15.9 Å².